The van der Waals surface area contributed by atoms with Crippen LogP contribution in [0.25, 0.3) is 0 Å². The molecule has 11 heteroatoms. The molecule has 0 unspecified atom stereocenters. The van der Waals surface area contributed by atoms with E-state index in [1.165, 1.54) is 12.1 Å². The zero-order chi connectivity index (χ0) is 20.7. The zero-order valence-corrected chi connectivity index (χ0v) is 20.4. The van der Waals surface area contributed by atoms with E-state index in [2.05, 4.69) is 39.1 Å². The number of hydrogen-bond acceptors (Lipinski definition) is 4. The lowest BCUT2D eigenvalue weighted by Gasteiger charge is -2.41. The van der Waals surface area contributed by atoms with Gasteiger partial charge in [0, 0.05) is 49.4 Å². The van der Waals surface area contributed by atoms with Gasteiger partial charge in [-0.3, -0.25) is 9.89 Å². The Morgan fingerprint density at radius 2 is 1.93 bits per heavy atom. The predicted octanol–water partition coefficient (Wildman–Crippen LogP) is 3.99. The molecule has 29 heavy (non-hydrogen) atoms. The van der Waals surface area contributed by atoms with Crippen molar-refractivity contribution in [2.45, 2.75) is 32.5 Å². The van der Waals surface area contributed by atoms with Gasteiger partial charge in [0.2, 0.25) is 0 Å². The molecule has 166 valence electrons. The molecule has 0 atom stereocenters. The van der Waals surface area contributed by atoms with Crippen LogP contribution in [0, 0.1) is 0 Å². The second kappa shape index (κ2) is 12.3. The van der Waals surface area contributed by atoms with Crippen LogP contribution in [0.1, 0.15) is 19.4 Å². The number of morpholine rings is 1. The van der Waals surface area contributed by atoms with Crippen LogP contribution < -0.4 is 15.4 Å². The van der Waals surface area contributed by atoms with E-state index in [1.54, 1.807) is 7.05 Å². The molecular weight excluding hydrogens is 540 g/mol. The monoisotopic (exact) mass is 566 g/mol. The first kappa shape index (κ1) is 26.4. The molecule has 1 aromatic rings. The van der Waals surface area contributed by atoms with E-state index >= 15 is 0 Å². The second-order valence-electron chi connectivity index (χ2n) is 6.95. The molecule has 2 N–H and O–H groups in total. The Bertz CT molecular complexity index is 690. The van der Waals surface area contributed by atoms with Crippen molar-refractivity contribution in [2.24, 2.45) is 4.99 Å². The fourth-order valence-electron chi connectivity index (χ4n) is 2.95. The maximum atomic E-state index is 12.7. The van der Waals surface area contributed by atoms with Crippen LogP contribution in [-0.2, 0) is 11.3 Å². The second-order valence-corrected chi connectivity index (χ2v) is 7.79. The maximum Gasteiger partial charge on any atom is 0.387 e. The highest BCUT2D eigenvalue weighted by molar-refractivity contribution is 14.0. The molecule has 2 rings (SSSR count). The van der Waals surface area contributed by atoms with Gasteiger partial charge in [0.1, 0.15) is 5.75 Å². The maximum absolute atomic E-state index is 12.7. The highest BCUT2D eigenvalue weighted by Crippen LogP contribution is 2.33. The van der Waals surface area contributed by atoms with Crippen LogP contribution in [0.2, 0.25) is 10.0 Å². The fraction of sp³-hybridized carbons (Fsp3) is 0.611. The number of guanidine groups is 1. The topological polar surface area (TPSA) is 58.1 Å². The average molecular weight is 567 g/mol. The first-order chi connectivity index (χ1) is 13.2. The predicted molar refractivity (Wildman–Crippen MR) is 123 cm³/mol. The average Bonchev–Trinajstić information content (AvgIpc) is 2.65. The van der Waals surface area contributed by atoms with Crippen molar-refractivity contribution in [3.8, 4) is 5.75 Å². The van der Waals surface area contributed by atoms with Crippen molar-refractivity contribution in [2.75, 3.05) is 39.9 Å². The summed E-state index contributed by atoms with van der Waals surface area (Å²) in [6, 6.07) is 2.89. The lowest BCUT2D eigenvalue weighted by atomic mass is 10.0. The van der Waals surface area contributed by atoms with Crippen molar-refractivity contribution in [3.63, 3.8) is 0 Å². The van der Waals surface area contributed by atoms with Crippen molar-refractivity contribution in [3.05, 3.63) is 27.7 Å². The normalized spacial score (nSPS) is 15.8. The standard InChI is InChI=1S/C18H26Cl2F2N4O2.HI/c1-18(2,26-4-6-27-7-5-26)11-25-17(23-3)24-10-12-8-13(19)9-14(20)15(12)28-16(21)22;/h8-9,16H,4-7,10-11H2,1-3H3,(H2,23,24,25);1H. The molecule has 1 aromatic carbocycles. The first-order valence-electron chi connectivity index (χ1n) is 8.93. The minimum absolute atomic E-state index is 0. The van der Waals surface area contributed by atoms with Crippen molar-refractivity contribution >= 4 is 53.1 Å². The van der Waals surface area contributed by atoms with Crippen LogP contribution in [0.5, 0.6) is 5.75 Å². The molecule has 1 heterocycles. The highest BCUT2D eigenvalue weighted by Gasteiger charge is 2.28. The van der Waals surface area contributed by atoms with Gasteiger partial charge in [0.05, 0.1) is 18.2 Å². The van der Waals surface area contributed by atoms with Crippen LogP contribution in [-0.4, -0.2) is 62.9 Å². The van der Waals surface area contributed by atoms with Crippen LogP contribution in [0.15, 0.2) is 17.1 Å². The summed E-state index contributed by atoms with van der Waals surface area (Å²) < 4.78 is 35.3. The highest BCUT2D eigenvalue weighted by atomic mass is 127. The summed E-state index contributed by atoms with van der Waals surface area (Å²) in [4.78, 5) is 6.53. The van der Waals surface area contributed by atoms with Crippen molar-refractivity contribution in [1.82, 2.24) is 15.5 Å². The van der Waals surface area contributed by atoms with Crippen molar-refractivity contribution < 1.29 is 18.3 Å². The Labute approximate surface area is 197 Å². The van der Waals surface area contributed by atoms with Gasteiger partial charge in [0.15, 0.2) is 5.96 Å². The van der Waals surface area contributed by atoms with E-state index in [9.17, 15) is 8.78 Å². The van der Waals surface area contributed by atoms with Gasteiger partial charge < -0.3 is 20.1 Å². The summed E-state index contributed by atoms with van der Waals surface area (Å²) in [6.45, 7) is 5.30. The van der Waals surface area contributed by atoms with E-state index < -0.39 is 6.61 Å². The zero-order valence-electron chi connectivity index (χ0n) is 16.6. The summed E-state index contributed by atoms with van der Waals surface area (Å²) in [5.74, 6) is 0.429. The lowest BCUT2D eigenvalue weighted by Crippen LogP contribution is -2.56. The molecular formula is C18H27Cl2F2IN4O2. The molecule has 0 amide bonds. The van der Waals surface area contributed by atoms with E-state index in [0.29, 0.717) is 23.1 Å². The summed E-state index contributed by atoms with van der Waals surface area (Å²) >= 11 is 12.0. The minimum atomic E-state index is -2.98. The number of halogens is 5. The quantitative estimate of drug-likeness (QED) is 0.297. The minimum Gasteiger partial charge on any atom is -0.433 e. The largest absolute Gasteiger partial charge is 0.433 e. The number of rotatable bonds is 7. The van der Waals surface area contributed by atoms with Gasteiger partial charge in [-0.2, -0.15) is 8.78 Å². The Morgan fingerprint density at radius 1 is 1.28 bits per heavy atom. The molecule has 0 bridgehead atoms. The van der Waals surface area contributed by atoms with E-state index in [4.69, 9.17) is 27.9 Å². The number of ether oxygens (including phenoxy) is 2. The van der Waals surface area contributed by atoms with E-state index in [-0.39, 0.29) is 46.8 Å². The molecule has 1 saturated heterocycles. The number of alkyl halides is 2. The van der Waals surface area contributed by atoms with Crippen LogP contribution in [0.4, 0.5) is 8.78 Å². The third-order valence-corrected chi connectivity index (χ3v) is 5.02. The fourth-order valence-corrected chi connectivity index (χ4v) is 3.53. The third-order valence-electron chi connectivity index (χ3n) is 4.52. The Balaban J connectivity index is 0.00000420. The molecule has 0 aliphatic carbocycles. The molecule has 0 radical (unpaired) electrons. The van der Waals surface area contributed by atoms with Gasteiger partial charge in [-0.15, -0.1) is 24.0 Å². The lowest BCUT2D eigenvalue weighted by molar-refractivity contribution is -0.0504. The van der Waals surface area contributed by atoms with Gasteiger partial charge in [-0.25, -0.2) is 0 Å². The summed E-state index contributed by atoms with van der Waals surface area (Å²) in [5, 5.41) is 6.71. The molecule has 1 aliphatic heterocycles. The smallest absolute Gasteiger partial charge is 0.387 e. The summed E-state index contributed by atoms with van der Waals surface area (Å²) in [7, 11) is 1.64. The molecule has 6 nitrogen and oxygen atoms in total. The molecule has 1 fully saturated rings. The Morgan fingerprint density at radius 3 is 2.52 bits per heavy atom. The Hall–Kier alpha value is -0.620. The van der Waals surface area contributed by atoms with E-state index in [1.807, 2.05) is 0 Å². The van der Waals surface area contributed by atoms with Gasteiger partial charge in [-0.05, 0) is 26.0 Å². The van der Waals surface area contributed by atoms with Gasteiger partial charge in [0.25, 0.3) is 0 Å². The van der Waals surface area contributed by atoms with E-state index in [0.717, 1.165) is 26.3 Å². The van der Waals surface area contributed by atoms with Crippen LogP contribution in [0.3, 0.4) is 0 Å². The Kier molecular flexibility index (Phi) is 11.2. The molecule has 0 saturated carbocycles. The number of hydrogen-bond donors (Lipinski definition) is 2. The number of benzene rings is 1. The molecule has 1 aliphatic rings. The SMILES string of the molecule is CN=C(NCc1cc(Cl)cc(Cl)c1OC(F)F)NCC(C)(C)N1CCOCC1.I. The molecule has 0 aromatic heterocycles. The number of aliphatic imine (C=N–C) groups is 1. The van der Waals surface area contributed by atoms with Crippen molar-refractivity contribution in [1.29, 1.82) is 0 Å². The van der Waals surface area contributed by atoms with Crippen LogP contribution >= 0.6 is 47.2 Å². The summed E-state index contributed by atoms with van der Waals surface area (Å²) in [6.07, 6.45) is 0. The first-order valence-corrected chi connectivity index (χ1v) is 9.68. The number of nitrogens with one attached hydrogen (secondary N) is 2. The number of nitrogens with zero attached hydrogens (tertiary/aromatic N) is 2. The summed E-state index contributed by atoms with van der Waals surface area (Å²) in [5.41, 5.74) is 0.304. The third kappa shape index (κ3) is 8.20. The van der Waals surface area contributed by atoms with Gasteiger partial charge in [-0.1, -0.05) is 23.2 Å². The molecule has 0 spiro atoms. The van der Waals surface area contributed by atoms with Gasteiger partial charge >= 0.3 is 6.61 Å².